The fraction of sp³-hybridized carbons (Fsp3) is 0.118. The zero-order valence-electron chi connectivity index (χ0n) is 11.9. The molecular weight excluding hydrogens is 278 g/mol. The van der Waals surface area contributed by atoms with Gasteiger partial charge in [-0.1, -0.05) is 42.5 Å². The molecule has 0 aliphatic heterocycles. The quantitative estimate of drug-likeness (QED) is 0.656. The van der Waals surface area contributed by atoms with Gasteiger partial charge in [0.05, 0.1) is 5.56 Å². The van der Waals surface area contributed by atoms with Gasteiger partial charge in [0.1, 0.15) is 31.6 Å². The average molecular weight is 293 g/mol. The van der Waals surface area contributed by atoms with Gasteiger partial charge in [0.2, 0.25) is 0 Å². The maximum Gasteiger partial charge on any atom is 0.188 e. The highest BCUT2D eigenvalue weighted by atomic mass is 16.5. The van der Waals surface area contributed by atoms with Crippen LogP contribution in [0.25, 0.3) is 0 Å². The van der Waals surface area contributed by atoms with Gasteiger partial charge < -0.3 is 4.74 Å². The summed E-state index contributed by atoms with van der Waals surface area (Å²) in [5, 5.41) is 3.95. The van der Waals surface area contributed by atoms with Crippen LogP contribution in [0.2, 0.25) is 0 Å². The Morgan fingerprint density at radius 3 is 2.59 bits per heavy atom. The summed E-state index contributed by atoms with van der Waals surface area (Å²) in [6.45, 7) is 0.570. The Hall–Kier alpha value is -2.95. The van der Waals surface area contributed by atoms with Gasteiger partial charge >= 0.3 is 0 Å². The van der Waals surface area contributed by atoms with Crippen LogP contribution in [0.1, 0.15) is 15.9 Å². The molecule has 0 atom stereocenters. The topological polar surface area (TPSA) is 57.0 Å². The Morgan fingerprint density at radius 2 is 1.82 bits per heavy atom. The van der Waals surface area contributed by atoms with E-state index >= 15 is 0 Å². The van der Waals surface area contributed by atoms with E-state index in [4.69, 9.17) is 4.74 Å². The molecule has 0 fully saturated rings. The summed E-state index contributed by atoms with van der Waals surface area (Å²) >= 11 is 0. The number of rotatable bonds is 6. The average Bonchev–Trinajstić information content (AvgIpc) is 3.07. The number of ether oxygens (including phenoxy) is 1. The van der Waals surface area contributed by atoms with E-state index in [9.17, 15) is 4.79 Å². The van der Waals surface area contributed by atoms with Crippen LogP contribution in [-0.2, 0) is 13.2 Å². The summed E-state index contributed by atoms with van der Waals surface area (Å²) in [5.41, 5.74) is 1.61. The number of Topliss-reactive ketones (excluding diaryl/α,β-unsaturated/α-hetero) is 1. The summed E-state index contributed by atoms with van der Waals surface area (Å²) in [5.74, 6) is 0.519. The Bertz CT molecular complexity index is 740. The number of benzene rings is 2. The summed E-state index contributed by atoms with van der Waals surface area (Å²) in [7, 11) is 0. The summed E-state index contributed by atoms with van der Waals surface area (Å²) in [6, 6.07) is 17.1. The second kappa shape index (κ2) is 6.67. The van der Waals surface area contributed by atoms with Crippen LogP contribution < -0.4 is 4.74 Å². The molecule has 5 heteroatoms. The molecule has 110 valence electrons. The molecule has 0 bridgehead atoms. The van der Waals surface area contributed by atoms with Gasteiger partial charge in [-0.05, 0) is 17.7 Å². The molecule has 1 aromatic heterocycles. The maximum atomic E-state index is 12.4. The third-order valence-corrected chi connectivity index (χ3v) is 3.20. The summed E-state index contributed by atoms with van der Waals surface area (Å²) < 4.78 is 7.29. The van der Waals surface area contributed by atoms with Gasteiger partial charge in [-0.2, -0.15) is 5.10 Å². The largest absolute Gasteiger partial charge is 0.488 e. The SMILES string of the molecule is O=C(Cn1cncn1)c1ccccc1OCc1ccccc1. The highest BCUT2D eigenvalue weighted by Crippen LogP contribution is 2.20. The molecule has 0 aliphatic carbocycles. The first-order chi connectivity index (χ1) is 10.8. The third kappa shape index (κ3) is 3.38. The lowest BCUT2D eigenvalue weighted by Crippen LogP contribution is -2.12. The van der Waals surface area contributed by atoms with Crippen molar-refractivity contribution in [1.29, 1.82) is 0 Å². The number of ketones is 1. The van der Waals surface area contributed by atoms with Crippen LogP contribution in [0.3, 0.4) is 0 Å². The zero-order chi connectivity index (χ0) is 15.2. The molecular formula is C17H15N3O2. The van der Waals surface area contributed by atoms with E-state index in [1.54, 1.807) is 12.1 Å². The van der Waals surface area contributed by atoms with Crippen molar-refractivity contribution in [2.24, 2.45) is 0 Å². The molecule has 3 aromatic rings. The van der Waals surface area contributed by atoms with Gasteiger partial charge in [-0.15, -0.1) is 0 Å². The van der Waals surface area contributed by atoms with E-state index in [0.29, 0.717) is 17.9 Å². The smallest absolute Gasteiger partial charge is 0.188 e. The Balaban J connectivity index is 1.73. The van der Waals surface area contributed by atoms with E-state index in [0.717, 1.165) is 5.56 Å². The molecule has 0 N–H and O–H groups in total. The van der Waals surface area contributed by atoms with Gasteiger partial charge in [-0.25, -0.2) is 9.67 Å². The lowest BCUT2D eigenvalue weighted by Gasteiger charge is -2.10. The van der Waals surface area contributed by atoms with Crippen LogP contribution in [0.5, 0.6) is 5.75 Å². The van der Waals surface area contributed by atoms with E-state index in [-0.39, 0.29) is 12.3 Å². The molecule has 0 amide bonds. The number of hydrogen-bond donors (Lipinski definition) is 0. The lowest BCUT2D eigenvalue weighted by molar-refractivity contribution is 0.0963. The van der Waals surface area contributed by atoms with Gasteiger partial charge in [-0.3, -0.25) is 4.79 Å². The van der Waals surface area contributed by atoms with Crippen molar-refractivity contribution in [2.45, 2.75) is 13.2 Å². The molecule has 0 saturated heterocycles. The Labute approximate surface area is 128 Å². The predicted molar refractivity (Wildman–Crippen MR) is 81.6 cm³/mol. The first kappa shape index (κ1) is 14.0. The Kier molecular flexibility index (Phi) is 4.25. The zero-order valence-corrected chi connectivity index (χ0v) is 11.9. The summed E-state index contributed by atoms with van der Waals surface area (Å²) in [4.78, 5) is 16.2. The van der Waals surface area contributed by atoms with Crippen molar-refractivity contribution < 1.29 is 9.53 Å². The first-order valence-electron chi connectivity index (χ1n) is 6.94. The molecule has 1 heterocycles. The van der Waals surface area contributed by atoms with Gasteiger partial charge in [0, 0.05) is 0 Å². The van der Waals surface area contributed by atoms with Gasteiger partial charge in [0.25, 0.3) is 0 Å². The third-order valence-electron chi connectivity index (χ3n) is 3.20. The molecule has 3 rings (SSSR count). The normalized spacial score (nSPS) is 10.4. The lowest BCUT2D eigenvalue weighted by atomic mass is 10.1. The molecule has 0 saturated carbocycles. The van der Waals surface area contributed by atoms with Crippen LogP contribution in [0.4, 0.5) is 0 Å². The predicted octanol–water partition coefficient (Wildman–Crippen LogP) is 2.74. The Morgan fingerprint density at radius 1 is 1.05 bits per heavy atom. The van der Waals surface area contributed by atoms with E-state index in [2.05, 4.69) is 10.1 Å². The number of carbonyl (C=O) groups is 1. The second-order valence-corrected chi connectivity index (χ2v) is 4.79. The number of aromatic nitrogens is 3. The van der Waals surface area contributed by atoms with Crippen LogP contribution in [0.15, 0.2) is 67.3 Å². The number of para-hydroxylation sites is 1. The van der Waals surface area contributed by atoms with Gasteiger partial charge in [0.15, 0.2) is 5.78 Å². The van der Waals surface area contributed by atoms with Crippen LogP contribution in [0, 0.1) is 0 Å². The number of nitrogens with zero attached hydrogens (tertiary/aromatic N) is 3. The van der Waals surface area contributed by atoms with E-state index < -0.39 is 0 Å². The molecule has 5 nitrogen and oxygen atoms in total. The minimum atomic E-state index is -0.0610. The van der Waals surface area contributed by atoms with Crippen LogP contribution >= 0.6 is 0 Å². The van der Waals surface area contributed by atoms with Crippen molar-refractivity contribution in [3.05, 3.63) is 78.4 Å². The van der Waals surface area contributed by atoms with Crippen molar-refractivity contribution in [3.63, 3.8) is 0 Å². The number of hydrogen-bond acceptors (Lipinski definition) is 4. The van der Waals surface area contributed by atoms with Crippen molar-refractivity contribution in [1.82, 2.24) is 14.8 Å². The minimum Gasteiger partial charge on any atom is -0.488 e. The molecule has 0 spiro atoms. The molecule has 22 heavy (non-hydrogen) atoms. The van der Waals surface area contributed by atoms with E-state index in [1.165, 1.54) is 17.3 Å². The van der Waals surface area contributed by atoms with E-state index in [1.807, 2.05) is 42.5 Å². The molecule has 0 unspecified atom stereocenters. The summed E-state index contributed by atoms with van der Waals surface area (Å²) in [6.07, 6.45) is 2.93. The van der Waals surface area contributed by atoms with Crippen molar-refractivity contribution >= 4 is 5.78 Å². The maximum absolute atomic E-state index is 12.4. The standard InChI is InChI=1S/C17H15N3O2/c21-16(10-20-13-18-12-19-20)15-8-4-5-9-17(15)22-11-14-6-2-1-3-7-14/h1-9,12-13H,10-11H2. The molecule has 2 aromatic carbocycles. The fourth-order valence-corrected chi connectivity index (χ4v) is 2.10. The highest BCUT2D eigenvalue weighted by molar-refractivity contribution is 5.98. The van der Waals surface area contributed by atoms with Crippen LogP contribution in [-0.4, -0.2) is 20.5 Å². The monoisotopic (exact) mass is 293 g/mol. The fourth-order valence-electron chi connectivity index (χ4n) is 2.10. The number of carbonyl (C=O) groups excluding carboxylic acids is 1. The first-order valence-corrected chi connectivity index (χ1v) is 6.94. The molecule has 0 radical (unpaired) electrons. The van der Waals surface area contributed by atoms with Crippen molar-refractivity contribution in [2.75, 3.05) is 0 Å². The molecule has 0 aliphatic rings. The minimum absolute atomic E-state index is 0.0610. The van der Waals surface area contributed by atoms with Crippen molar-refractivity contribution in [3.8, 4) is 5.75 Å². The highest BCUT2D eigenvalue weighted by Gasteiger charge is 2.13. The second-order valence-electron chi connectivity index (χ2n) is 4.79.